The molecule has 2 aromatic carbocycles. The summed E-state index contributed by atoms with van der Waals surface area (Å²) in [5.74, 6) is 0.442. The van der Waals surface area contributed by atoms with E-state index in [0.29, 0.717) is 28.0 Å². The van der Waals surface area contributed by atoms with E-state index in [1.54, 1.807) is 24.1 Å². The van der Waals surface area contributed by atoms with Gasteiger partial charge in [-0.1, -0.05) is 35.1 Å². The quantitative estimate of drug-likeness (QED) is 0.704. The van der Waals surface area contributed by atoms with Gasteiger partial charge in [0.15, 0.2) is 5.13 Å². The fraction of sp³-hybridized carbons (Fsp3) is 0.263. The minimum Gasteiger partial charge on any atom is -0.496 e. The van der Waals surface area contributed by atoms with Crippen LogP contribution in [0.5, 0.6) is 5.75 Å². The number of thiazole rings is 1. The van der Waals surface area contributed by atoms with Crippen molar-refractivity contribution in [2.75, 3.05) is 39.2 Å². The molecule has 7 heteroatoms. The number of benzene rings is 2. The second-order valence-electron chi connectivity index (χ2n) is 6.22. The summed E-state index contributed by atoms with van der Waals surface area (Å²) in [6.45, 7) is 1.37. The largest absolute Gasteiger partial charge is 0.496 e. The van der Waals surface area contributed by atoms with Gasteiger partial charge in [0.25, 0.3) is 5.91 Å². The van der Waals surface area contributed by atoms with Crippen LogP contribution in [0.3, 0.4) is 0 Å². The first-order valence-electron chi connectivity index (χ1n) is 8.29. The molecule has 1 amide bonds. The molecule has 0 bridgehead atoms. The molecule has 26 heavy (non-hydrogen) atoms. The molecule has 0 aliphatic carbocycles. The number of hydrogen-bond donors (Lipinski definition) is 1. The zero-order valence-electron chi connectivity index (χ0n) is 15.0. The van der Waals surface area contributed by atoms with Crippen molar-refractivity contribution in [2.45, 2.75) is 0 Å². The summed E-state index contributed by atoms with van der Waals surface area (Å²) in [4.78, 5) is 20.9. The SMILES string of the molecule is COc1ccccc1C(=O)N(CC[NH+](C)C)c1nc2ccc(Cl)cc2s1. The van der Waals surface area contributed by atoms with Crippen LogP contribution in [0.25, 0.3) is 10.2 Å². The number of carbonyl (C=O) groups is 1. The van der Waals surface area contributed by atoms with Gasteiger partial charge >= 0.3 is 0 Å². The van der Waals surface area contributed by atoms with Crippen LogP contribution in [0.2, 0.25) is 5.02 Å². The Labute approximate surface area is 161 Å². The molecule has 0 atom stereocenters. The van der Waals surface area contributed by atoms with Crippen molar-refractivity contribution in [3.63, 3.8) is 0 Å². The van der Waals surface area contributed by atoms with Crippen LogP contribution in [0.1, 0.15) is 10.4 Å². The number of aromatic nitrogens is 1. The Morgan fingerprint density at radius 2 is 2.04 bits per heavy atom. The number of fused-ring (bicyclic) bond motifs is 1. The Bertz CT molecular complexity index is 926. The van der Waals surface area contributed by atoms with Crippen molar-refractivity contribution in [2.24, 2.45) is 0 Å². The van der Waals surface area contributed by atoms with Gasteiger partial charge in [0.1, 0.15) is 5.75 Å². The van der Waals surface area contributed by atoms with Gasteiger partial charge in [-0.05, 0) is 30.3 Å². The van der Waals surface area contributed by atoms with E-state index < -0.39 is 0 Å². The van der Waals surface area contributed by atoms with Crippen molar-refractivity contribution in [3.8, 4) is 5.75 Å². The van der Waals surface area contributed by atoms with Gasteiger partial charge in [0, 0.05) is 5.02 Å². The van der Waals surface area contributed by atoms with E-state index in [9.17, 15) is 4.79 Å². The standard InChI is InChI=1S/C19H20ClN3O2S/c1-22(2)10-11-23(18(24)14-6-4-5-7-16(14)25-3)19-21-15-9-8-13(20)12-17(15)26-19/h4-9,12H,10-11H2,1-3H3/p+1. The van der Waals surface area contributed by atoms with Gasteiger partial charge < -0.3 is 9.64 Å². The number of ether oxygens (including phenoxy) is 1. The number of amides is 1. The minimum absolute atomic E-state index is 0.117. The highest BCUT2D eigenvalue weighted by Gasteiger charge is 2.24. The van der Waals surface area contributed by atoms with Gasteiger partial charge in [-0.15, -0.1) is 0 Å². The second-order valence-corrected chi connectivity index (χ2v) is 7.67. The number of hydrogen-bond acceptors (Lipinski definition) is 4. The number of halogens is 1. The third-order valence-electron chi connectivity index (χ3n) is 3.99. The van der Waals surface area contributed by atoms with Crippen LogP contribution in [0.15, 0.2) is 42.5 Å². The first-order valence-corrected chi connectivity index (χ1v) is 9.49. The van der Waals surface area contributed by atoms with Crippen LogP contribution >= 0.6 is 22.9 Å². The molecule has 3 rings (SSSR count). The van der Waals surface area contributed by atoms with E-state index >= 15 is 0 Å². The summed E-state index contributed by atoms with van der Waals surface area (Å²) in [6.07, 6.45) is 0. The average molecular weight is 391 g/mol. The molecule has 136 valence electrons. The molecular formula is C19H21ClN3O2S+. The van der Waals surface area contributed by atoms with Crippen LogP contribution in [0.4, 0.5) is 5.13 Å². The van der Waals surface area contributed by atoms with Crippen molar-refractivity contribution < 1.29 is 14.4 Å². The maximum Gasteiger partial charge on any atom is 0.264 e. The van der Waals surface area contributed by atoms with Crippen LogP contribution in [-0.2, 0) is 0 Å². The lowest BCUT2D eigenvalue weighted by Gasteiger charge is -2.21. The Morgan fingerprint density at radius 3 is 2.77 bits per heavy atom. The molecule has 1 aromatic heterocycles. The predicted octanol–water partition coefficient (Wildman–Crippen LogP) is 2.75. The van der Waals surface area contributed by atoms with Gasteiger partial charge in [0.2, 0.25) is 0 Å². The van der Waals surface area contributed by atoms with Crippen LogP contribution in [0, 0.1) is 0 Å². The van der Waals surface area contributed by atoms with Crippen LogP contribution < -0.4 is 14.5 Å². The number of carbonyl (C=O) groups excluding carboxylic acids is 1. The fourth-order valence-corrected chi connectivity index (χ4v) is 3.85. The lowest BCUT2D eigenvalue weighted by Crippen LogP contribution is -3.06. The van der Waals surface area contributed by atoms with Gasteiger partial charge in [-0.2, -0.15) is 0 Å². The summed E-state index contributed by atoms with van der Waals surface area (Å²) < 4.78 is 6.33. The predicted molar refractivity (Wildman–Crippen MR) is 107 cm³/mol. The third-order valence-corrected chi connectivity index (χ3v) is 5.26. The number of nitrogens with one attached hydrogen (secondary N) is 1. The molecule has 0 aliphatic heterocycles. The van der Waals surface area contributed by atoms with Crippen molar-refractivity contribution in [1.29, 1.82) is 0 Å². The fourth-order valence-electron chi connectivity index (χ4n) is 2.59. The van der Waals surface area contributed by atoms with E-state index in [1.165, 1.54) is 16.2 Å². The topological polar surface area (TPSA) is 46.9 Å². The summed E-state index contributed by atoms with van der Waals surface area (Å²) in [5, 5.41) is 1.33. The summed E-state index contributed by atoms with van der Waals surface area (Å²) in [6, 6.07) is 12.8. The first kappa shape index (κ1) is 18.6. The molecule has 0 radical (unpaired) electrons. The zero-order valence-corrected chi connectivity index (χ0v) is 16.5. The second kappa shape index (κ2) is 8.03. The molecule has 0 saturated carbocycles. The molecule has 0 unspecified atom stereocenters. The van der Waals surface area contributed by atoms with Gasteiger partial charge in [-0.25, -0.2) is 4.98 Å². The number of nitrogens with zero attached hydrogens (tertiary/aromatic N) is 2. The summed E-state index contributed by atoms with van der Waals surface area (Å²) in [7, 11) is 5.69. The lowest BCUT2D eigenvalue weighted by molar-refractivity contribution is -0.856. The number of anilines is 1. The smallest absolute Gasteiger partial charge is 0.264 e. The first-order chi connectivity index (χ1) is 12.5. The maximum atomic E-state index is 13.3. The Hall–Kier alpha value is -2.15. The molecule has 5 nitrogen and oxygen atoms in total. The zero-order chi connectivity index (χ0) is 18.7. The Balaban J connectivity index is 2.01. The van der Waals surface area contributed by atoms with Crippen LogP contribution in [-0.4, -0.2) is 45.2 Å². The minimum atomic E-state index is -0.117. The number of rotatable bonds is 6. The molecule has 1 N–H and O–H groups in total. The van der Waals surface area contributed by atoms with Gasteiger partial charge in [-0.3, -0.25) is 9.69 Å². The maximum absolute atomic E-state index is 13.3. The number of methoxy groups -OCH3 is 1. The molecule has 0 aliphatic rings. The number of quaternary nitrogens is 1. The monoisotopic (exact) mass is 390 g/mol. The normalized spacial score (nSPS) is 11.1. The molecule has 0 spiro atoms. The molecular weight excluding hydrogens is 370 g/mol. The van der Waals surface area contributed by atoms with Crippen molar-refractivity contribution in [1.82, 2.24) is 4.98 Å². The van der Waals surface area contributed by atoms with Crippen molar-refractivity contribution >= 4 is 44.2 Å². The molecule has 1 heterocycles. The highest BCUT2D eigenvalue weighted by atomic mass is 35.5. The number of likely N-dealkylation sites (N-methyl/N-ethyl adjacent to an activating group) is 1. The average Bonchev–Trinajstić information content (AvgIpc) is 3.04. The number of para-hydroxylation sites is 1. The Morgan fingerprint density at radius 1 is 1.27 bits per heavy atom. The molecule has 0 fully saturated rings. The lowest BCUT2D eigenvalue weighted by atomic mass is 10.1. The van der Waals surface area contributed by atoms with Crippen molar-refractivity contribution in [3.05, 3.63) is 53.1 Å². The third kappa shape index (κ3) is 3.98. The van der Waals surface area contributed by atoms with E-state index in [0.717, 1.165) is 16.8 Å². The highest BCUT2D eigenvalue weighted by Crippen LogP contribution is 2.32. The van der Waals surface area contributed by atoms with Gasteiger partial charge in [0.05, 0.1) is 50.1 Å². The highest BCUT2D eigenvalue weighted by molar-refractivity contribution is 7.22. The van der Waals surface area contributed by atoms with E-state index in [-0.39, 0.29) is 5.91 Å². The summed E-state index contributed by atoms with van der Waals surface area (Å²) in [5.41, 5.74) is 1.37. The summed E-state index contributed by atoms with van der Waals surface area (Å²) >= 11 is 7.55. The van der Waals surface area contributed by atoms with E-state index in [4.69, 9.17) is 16.3 Å². The molecule has 0 saturated heterocycles. The van der Waals surface area contributed by atoms with E-state index in [2.05, 4.69) is 19.1 Å². The van der Waals surface area contributed by atoms with E-state index in [1.807, 2.05) is 30.3 Å². The molecule has 3 aromatic rings. The Kier molecular flexibility index (Phi) is 5.76.